The highest BCUT2D eigenvalue weighted by molar-refractivity contribution is 6.74. The Labute approximate surface area is 140 Å². The van der Waals surface area contributed by atoms with Crippen molar-refractivity contribution < 1.29 is 9.35 Å². The van der Waals surface area contributed by atoms with Crippen molar-refractivity contribution in [3.63, 3.8) is 0 Å². The van der Waals surface area contributed by atoms with Gasteiger partial charge >= 0.3 is 0 Å². The largest absolute Gasteiger partial charge is 0.413 e. The zero-order chi connectivity index (χ0) is 17.8. The SMILES string of the molecule is CC(C)c1ccc(CO[Si](C)(C)C(C)(C)C)cc1/C=C/[N+](=O)[O-]. The predicted molar refractivity (Wildman–Crippen MR) is 98.5 cm³/mol. The second-order valence-corrected chi connectivity index (χ2v) is 12.6. The Morgan fingerprint density at radius 1 is 1.30 bits per heavy atom. The maximum absolute atomic E-state index is 10.6. The summed E-state index contributed by atoms with van der Waals surface area (Å²) >= 11 is 0. The van der Waals surface area contributed by atoms with E-state index in [2.05, 4.69) is 59.8 Å². The highest BCUT2D eigenvalue weighted by Crippen LogP contribution is 2.37. The average molecular weight is 336 g/mol. The Bertz CT molecular complexity index is 586. The van der Waals surface area contributed by atoms with Crippen LogP contribution in [0, 0.1) is 10.1 Å². The summed E-state index contributed by atoms with van der Waals surface area (Å²) in [6.45, 7) is 15.8. The lowest BCUT2D eigenvalue weighted by Crippen LogP contribution is -2.40. The van der Waals surface area contributed by atoms with E-state index in [4.69, 9.17) is 4.43 Å². The molecule has 0 amide bonds. The zero-order valence-corrected chi connectivity index (χ0v) is 16.3. The second-order valence-electron chi connectivity index (χ2n) is 7.77. The maximum atomic E-state index is 10.6. The lowest BCUT2D eigenvalue weighted by molar-refractivity contribution is -0.400. The fraction of sp³-hybridized carbons (Fsp3) is 0.556. The van der Waals surface area contributed by atoms with Crippen LogP contribution in [0.25, 0.3) is 6.08 Å². The Kier molecular flexibility index (Phi) is 6.30. The van der Waals surface area contributed by atoms with E-state index in [0.29, 0.717) is 12.5 Å². The molecule has 128 valence electrons. The molecule has 0 aliphatic rings. The molecule has 0 unspecified atom stereocenters. The Morgan fingerprint density at radius 3 is 2.39 bits per heavy atom. The van der Waals surface area contributed by atoms with Gasteiger partial charge in [-0.1, -0.05) is 46.8 Å². The average Bonchev–Trinajstić information content (AvgIpc) is 2.41. The van der Waals surface area contributed by atoms with Crippen LogP contribution >= 0.6 is 0 Å². The van der Waals surface area contributed by atoms with Crippen molar-refractivity contribution in [2.75, 3.05) is 0 Å². The minimum absolute atomic E-state index is 0.166. The molecule has 5 heteroatoms. The fourth-order valence-corrected chi connectivity index (χ4v) is 2.97. The maximum Gasteiger partial charge on any atom is 0.235 e. The molecule has 0 atom stereocenters. The van der Waals surface area contributed by atoms with Gasteiger partial charge in [-0.15, -0.1) is 0 Å². The zero-order valence-electron chi connectivity index (χ0n) is 15.3. The van der Waals surface area contributed by atoms with Crippen LogP contribution in [0.5, 0.6) is 0 Å². The van der Waals surface area contributed by atoms with Crippen LogP contribution in [0.15, 0.2) is 24.4 Å². The van der Waals surface area contributed by atoms with Gasteiger partial charge < -0.3 is 4.43 Å². The summed E-state index contributed by atoms with van der Waals surface area (Å²) in [5.74, 6) is 0.316. The standard InChI is InChI=1S/C18H29NO3Si/c1-14(2)17-9-8-15(12-16(17)10-11-19(20)21)13-22-23(6,7)18(3,4)5/h8-12,14H,13H2,1-7H3/b11-10+. The lowest BCUT2D eigenvalue weighted by atomic mass is 9.95. The Balaban J connectivity index is 3.02. The van der Waals surface area contributed by atoms with E-state index < -0.39 is 13.2 Å². The normalized spacial score (nSPS) is 13.0. The van der Waals surface area contributed by atoms with Crippen molar-refractivity contribution >= 4 is 14.4 Å². The molecule has 0 saturated heterocycles. The molecule has 23 heavy (non-hydrogen) atoms. The second kappa shape index (κ2) is 7.40. The summed E-state index contributed by atoms with van der Waals surface area (Å²) in [5.41, 5.74) is 3.06. The molecular weight excluding hydrogens is 306 g/mol. The summed E-state index contributed by atoms with van der Waals surface area (Å²) < 4.78 is 6.24. The quantitative estimate of drug-likeness (QED) is 0.387. The molecule has 0 fully saturated rings. The number of nitro groups is 1. The molecule has 0 aromatic heterocycles. The van der Waals surface area contributed by atoms with E-state index in [0.717, 1.165) is 22.9 Å². The molecule has 0 heterocycles. The number of hydrogen-bond donors (Lipinski definition) is 0. The Hall–Kier alpha value is -1.46. The van der Waals surface area contributed by atoms with Gasteiger partial charge in [0.1, 0.15) is 0 Å². The van der Waals surface area contributed by atoms with Crippen molar-refractivity contribution in [1.29, 1.82) is 0 Å². The van der Waals surface area contributed by atoms with E-state index >= 15 is 0 Å². The predicted octanol–water partition coefficient (Wildman–Crippen LogP) is 5.58. The molecule has 0 radical (unpaired) electrons. The summed E-state index contributed by atoms with van der Waals surface area (Å²) in [4.78, 5) is 10.2. The van der Waals surface area contributed by atoms with Crippen LogP contribution < -0.4 is 0 Å². The third-order valence-corrected chi connectivity index (χ3v) is 9.03. The van der Waals surface area contributed by atoms with Crippen LogP contribution in [0.3, 0.4) is 0 Å². The molecule has 0 N–H and O–H groups in total. The fourth-order valence-electron chi connectivity index (χ4n) is 2.01. The van der Waals surface area contributed by atoms with Crippen molar-refractivity contribution in [1.82, 2.24) is 0 Å². The van der Waals surface area contributed by atoms with Crippen LogP contribution in [0.4, 0.5) is 0 Å². The van der Waals surface area contributed by atoms with E-state index in [1.807, 2.05) is 6.07 Å². The van der Waals surface area contributed by atoms with E-state index in [1.54, 1.807) is 6.08 Å². The van der Waals surface area contributed by atoms with Gasteiger partial charge in [0.2, 0.25) is 6.20 Å². The van der Waals surface area contributed by atoms with E-state index in [-0.39, 0.29) is 5.04 Å². The van der Waals surface area contributed by atoms with Crippen molar-refractivity contribution in [2.45, 2.75) is 65.3 Å². The highest BCUT2D eigenvalue weighted by atomic mass is 28.4. The van der Waals surface area contributed by atoms with Gasteiger partial charge in [0.15, 0.2) is 8.32 Å². The number of nitrogens with zero attached hydrogens (tertiary/aromatic N) is 1. The van der Waals surface area contributed by atoms with Crippen LogP contribution in [-0.2, 0) is 11.0 Å². The van der Waals surface area contributed by atoms with Crippen LogP contribution in [0.1, 0.15) is 57.2 Å². The lowest BCUT2D eigenvalue weighted by Gasteiger charge is -2.36. The number of benzene rings is 1. The minimum atomic E-state index is -1.80. The summed E-state index contributed by atoms with van der Waals surface area (Å²) in [6, 6.07) is 6.11. The molecule has 1 rings (SSSR count). The highest BCUT2D eigenvalue weighted by Gasteiger charge is 2.37. The third-order valence-electron chi connectivity index (χ3n) is 4.55. The number of rotatable bonds is 6. The van der Waals surface area contributed by atoms with Crippen molar-refractivity contribution in [3.05, 3.63) is 51.2 Å². The van der Waals surface area contributed by atoms with Crippen LogP contribution in [-0.4, -0.2) is 13.2 Å². The molecule has 0 aliphatic carbocycles. The minimum Gasteiger partial charge on any atom is -0.413 e. The van der Waals surface area contributed by atoms with Gasteiger partial charge in [-0.3, -0.25) is 10.1 Å². The monoisotopic (exact) mass is 335 g/mol. The summed E-state index contributed by atoms with van der Waals surface area (Å²) in [7, 11) is -1.80. The molecule has 0 saturated carbocycles. The van der Waals surface area contributed by atoms with Crippen molar-refractivity contribution in [3.8, 4) is 0 Å². The van der Waals surface area contributed by atoms with Gasteiger partial charge in [-0.2, -0.15) is 0 Å². The first kappa shape index (κ1) is 19.6. The Morgan fingerprint density at radius 2 is 1.91 bits per heavy atom. The van der Waals surface area contributed by atoms with Gasteiger partial charge in [-0.25, -0.2) is 0 Å². The molecule has 1 aromatic carbocycles. The van der Waals surface area contributed by atoms with Gasteiger partial charge in [-0.05, 0) is 46.8 Å². The third kappa shape index (κ3) is 5.59. The smallest absolute Gasteiger partial charge is 0.235 e. The molecule has 0 bridgehead atoms. The molecule has 4 nitrogen and oxygen atoms in total. The van der Waals surface area contributed by atoms with Crippen molar-refractivity contribution in [2.24, 2.45) is 0 Å². The topological polar surface area (TPSA) is 52.4 Å². The molecule has 0 aliphatic heterocycles. The van der Waals surface area contributed by atoms with E-state index in [1.165, 1.54) is 0 Å². The molecule has 1 aromatic rings. The number of hydrogen-bond acceptors (Lipinski definition) is 3. The van der Waals surface area contributed by atoms with Crippen LogP contribution in [0.2, 0.25) is 18.1 Å². The first-order chi connectivity index (χ1) is 10.4. The van der Waals surface area contributed by atoms with E-state index in [9.17, 15) is 10.1 Å². The van der Waals surface area contributed by atoms with Gasteiger partial charge in [0, 0.05) is 6.08 Å². The summed E-state index contributed by atoms with van der Waals surface area (Å²) in [6.07, 6.45) is 2.57. The summed E-state index contributed by atoms with van der Waals surface area (Å²) in [5, 5.41) is 10.8. The van der Waals surface area contributed by atoms with Gasteiger partial charge in [0.25, 0.3) is 0 Å². The first-order valence-corrected chi connectivity index (χ1v) is 10.9. The molecular formula is C18H29NO3Si. The first-order valence-electron chi connectivity index (χ1n) is 8.02. The van der Waals surface area contributed by atoms with Gasteiger partial charge in [0.05, 0.1) is 11.5 Å². The molecule has 0 spiro atoms.